The molecule has 2 fully saturated rings. The number of rotatable bonds is 5. The van der Waals surface area contributed by atoms with E-state index in [2.05, 4.69) is 10.2 Å². The monoisotopic (exact) mass is 440 g/mol. The van der Waals surface area contributed by atoms with Crippen molar-refractivity contribution in [3.63, 3.8) is 0 Å². The molecule has 144 valence electrons. The maximum atomic E-state index is 12.3. The van der Waals surface area contributed by atoms with E-state index >= 15 is 0 Å². The number of carbonyl (C=O) groups excluding carboxylic acids is 1. The number of halogens is 3. The molecule has 0 saturated carbocycles. The first-order valence-electron chi connectivity index (χ1n) is 8.26. The topological polar surface area (TPSA) is 75.7 Å². The number of nitrogens with zero attached hydrogens (tertiary/aromatic N) is 1. The number of hydrogen-bond acceptors (Lipinski definition) is 5. The molecular weight excluding hydrogens is 423 g/mol. The molecule has 1 amide bonds. The van der Waals surface area contributed by atoms with Crippen LogP contribution in [0.3, 0.4) is 0 Å². The molecule has 0 aliphatic carbocycles. The summed E-state index contributed by atoms with van der Waals surface area (Å²) in [7, 11) is -3.16. The number of ether oxygens (including phenoxy) is 1. The molecule has 2 atom stereocenters. The highest BCUT2D eigenvalue weighted by Gasteiger charge is 2.42. The highest BCUT2D eigenvalue weighted by molar-refractivity contribution is 7.91. The lowest BCUT2D eigenvalue weighted by Gasteiger charge is -2.28. The molecule has 0 radical (unpaired) electrons. The van der Waals surface area contributed by atoms with Crippen molar-refractivity contribution in [3.8, 4) is 5.75 Å². The summed E-state index contributed by atoms with van der Waals surface area (Å²) in [5, 5.41) is 3.59. The molecule has 2 saturated heterocycles. The van der Waals surface area contributed by atoms with Crippen LogP contribution in [-0.4, -0.2) is 62.5 Å². The molecule has 0 aromatic heterocycles. The predicted molar refractivity (Wildman–Crippen MR) is 102 cm³/mol. The first-order chi connectivity index (χ1) is 12.2. The Morgan fingerprint density at radius 3 is 2.46 bits per heavy atom. The summed E-state index contributed by atoms with van der Waals surface area (Å²) in [6, 6.07) is 2.26. The Morgan fingerprint density at radius 2 is 1.77 bits per heavy atom. The third kappa shape index (κ3) is 4.75. The summed E-state index contributed by atoms with van der Waals surface area (Å²) in [6.07, 6.45) is 2.10. The summed E-state index contributed by atoms with van der Waals surface area (Å²) < 4.78 is 29.5. The molecule has 2 aliphatic heterocycles. The molecular formula is C16H19Cl3N2O4S. The average Bonchev–Trinajstić information content (AvgIpc) is 3.17. The van der Waals surface area contributed by atoms with E-state index in [4.69, 9.17) is 39.5 Å². The normalized spacial score (nSPS) is 25.3. The average molecular weight is 442 g/mol. The van der Waals surface area contributed by atoms with Crippen molar-refractivity contribution in [2.45, 2.75) is 24.9 Å². The minimum Gasteiger partial charge on any atom is -0.482 e. The van der Waals surface area contributed by atoms with E-state index in [1.807, 2.05) is 0 Å². The van der Waals surface area contributed by atoms with Crippen molar-refractivity contribution in [1.82, 2.24) is 10.2 Å². The van der Waals surface area contributed by atoms with E-state index in [0.717, 1.165) is 25.9 Å². The van der Waals surface area contributed by atoms with Crippen LogP contribution in [0.1, 0.15) is 12.8 Å². The highest BCUT2D eigenvalue weighted by atomic mass is 35.5. The van der Waals surface area contributed by atoms with Crippen LogP contribution in [0, 0.1) is 0 Å². The van der Waals surface area contributed by atoms with E-state index in [-0.39, 0.29) is 45.0 Å². The second-order valence-electron chi connectivity index (χ2n) is 6.55. The van der Waals surface area contributed by atoms with E-state index in [9.17, 15) is 13.2 Å². The first kappa shape index (κ1) is 20.0. The van der Waals surface area contributed by atoms with Gasteiger partial charge in [0.2, 0.25) is 0 Å². The maximum Gasteiger partial charge on any atom is 0.258 e. The van der Waals surface area contributed by atoms with Gasteiger partial charge in [0.15, 0.2) is 16.4 Å². The van der Waals surface area contributed by atoms with Crippen LogP contribution in [0.25, 0.3) is 0 Å². The predicted octanol–water partition coefficient (Wildman–Crippen LogP) is 2.40. The Hall–Kier alpha value is -0.730. The zero-order valence-electron chi connectivity index (χ0n) is 13.9. The second kappa shape index (κ2) is 8.10. The van der Waals surface area contributed by atoms with Gasteiger partial charge in [0, 0.05) is 12.1 Å². The van der Waals surface area contributed by atoms with Gasteiger partial charge in [-0.25, -0.2) is 8.42 Å². The molecule has 0 bridgehead atoms. The van der Waals surface area contributed by atoms with Gasteiger partial charge in [0.1, 0.15) is 5.75 Å². The largest absolute Gasteiger partial charge is 0.482 e. The van der Waals surface area contributed by atoms with E-state index in [1.165, 1.54) is 12.1 Å². The van der Waals surface area contributed by atoms with Gasteiger partial charge in [-0.2, -0.15) is 0 Å². The van der Waals surface area contributed by atoms with Crippen LogP contribution >= 0.6 is 34.8 Å². The van der Waals surface area contributed by atoms with Crippen molar-refractivity contribution >= 4 is 50.5 Å². The molecule has 3 rings (SSSR count). The van der Waals surface area contributed by atoms with Crippen LogP contribution < -0.4 is 10.1 Å². The number of nitrogens with one attached hydrogen (secondary N) is 1. The van der Waals surface area contributed by atoms with Crippen molar-refractivity contribution in [1.29, 1.82) is 0 Å². The Bertz CT molecular complexity index is 797. The van der Waals surface area contributed by atoms with Gasteiger partial charge in [0.05, 0.1) is 32.6 Å². The van der Waals surface area contributed by atoms with E-state index in [0.29, 0.717) is 0 Å². The number of likely N-dealkylation sites (tertiary alicyclic amines) is 1. The molecule has 6 nitrogen and oxygen atoms in total. The molecule has 26 heavy (non-hydrogen) atoms. The minimum absolute atomic E-state index is 0.0482. The highest BCUT2D eigenvalue weighted by Crippen LogP contribution is 2.33. The Morgan fingerprint density at radius 1 is 1.12 bits per heavy atom. The van der Waals surface area contributed by atoms with Gasteiger partial charge in [-0.1, -0.05) is 34.8 Å². The van der Waals surface area contributed by atoms with Gasteiger partial charge in [-0.15, -0.1) is 0 Å². The van der Waals surface area contributed by atoms with Gasteiger partial charge < -0.3 is 10.1 Å². The third-order valence-electron chi connectivity index (χ3n) is 4.61. The fourth-order valence-corrected chi connectivity index (χ4v) is 5.95. The standard InChI is InChI=1S/C16H19Cl3N2O4S/c17-10-5-12(19)15(6-11(10)18)25-7-16(22)20-13-8-26(23,24)9-14(13)21-3-1-2-4-21/h5-6,13-14H,1-4,7-9H2,(H,20,22). The number of hydrogen-bond donors (Lipinski definition) is 1. The summed E-state index contributed by atoms with van der Waals surface area (Å²) in [5.41, 5.74) is 0. The van der Waals surface area contributed by atoms with Gasteiger partial charge in [-0.05, 0) is 32.0 Å². The molecule has 2 aliphatic rings. The number of carbonyl (C=O) groups is 1. The fraction of sp³-hybridized carbons (Fsp3) is 0.562. The van der Waals surface area contributed by atoms with Crippen LogP contribution in [0.15, 0.2) is 12.1 Å². The molecule has 1 aromatic rings. The molecule has 1 aromatic carbocycles. The summed E-state index contributed by atoms with van der Waals surface area (Å²) in [6.45, 7) is 1.44. The number of sulfone groups is 1. The van der Waals surface area contributed by atoms with Gasteiger partial charge >= 0.3 is 0 Å². The zero-order chi connectivity index (χ0) is 18.9. The maximum absolute atomic E-state index is 12.3. The summed E-state index contributed by atoms with van der Waals surface area (Å²) in [5.74, 6) is -0.130. The Kier molecular flexibility index (Phi) is 6.24. The Labute approximate surface area is 167 Å². The molecule has 1 N–H and O–H groups in total. The van der Waals surface area contributed by atoms with Crippen molar-refractivity contribution in [3.05, 3.63) is 27.2 Å². The molecule has 0 spiro atoms. The fourth-order valence-electron chi connectivity index (χ4n) is 3.41. The van der Waals surface area contributed by atoms with Gasteiger partial charge in [0.25, 0.3) is 5.91 Å². The van der Waals surface area contributed by atoms with Crippen LogP contribution in [0.5, 0.6) is 5.75 Å². The lowest BCUT2D eigenvalue weighted by molar-refractivity contribution is -0.124. The SMILES string of the molecule is O=C(COc1cc(Cl)c(Cl)cc1Cl)NC1CS(=O)(=O)CC1N1CCCC1. The molecule has 2 unspecified atom stereocenters. The van der Waals surface area contributed by atoms with Crippen LogP contribution in [0.4, 0.5) is 0 Å². The van der Waals surface area contributed by atoms with Gasteiger partial charge in [-0.3, -0.25) is 9.69 Å². The lowest BCUT2D eigenvalue weighted by atomic mass is 10.1. The van der Waals surface area contributed by atoms with Crippen LogP contribution in [-0.2, 0) is 14.6 Å². The smallest absolute Gasteiger partial charge is 0.258 e. The Balaban J connectivity index is 1.61. The number of benzene rings is 1. The van der Waals surface area contributed by atoms with Crippen molar-refractivity contribution in [2.24, 2.45) is 0 Å². The van der Waals surface area contributed by atoms with Crippen molar-refractivity contribution in [2.75, 3.05) is 31.2 Å². The lowest BCUT2D eigenvalue weighted by Crippen LogP contribution is -2.51. The third-order valence-corrected chi connectivity index (χ3v) is 7.35. The second-order valence-corrected chi connectivity index (χ2v) is 9.92. The van der Waals surface area contributed by atoms with Crippen molar-refractivity contribution < 1.29 is 17.9 Å². The summed E-state index contributed by atoms with van der Waals surface area (Å²) in [4.78, 5) is 14.4. The first-order valence-corrected chi connectivity index (χ1v) is 11.2. The zero-order valence-corrected chi connectivity index (χ0v) is 17.0. The number of amides is 1. The minimum atomic E-state index is -3.16. The quantitative estimate of drug-likeness (QED) is 0.710. The van der Waals surface area contributed by atoms with E-state index < -0.39 is 21.8 Å². The van der Waals surface area contributed by atoms with E-state index in [1.54, 1.807) is 0 Å². The van der Waals surface area contributed by atoms with Crippen LogP contribution in [0.2, 0.25) is 15.1 Å². The summed E-state index contributed by atoms with van der Waals surface area (Å²) >= 11 is 17.8. The molecule has 2 heterocycles. The molecule has 10 heteroatoms.